The van der Waals surface area contributed by atoms with Crippen molar-refractivity contribution in [3.05, 3.63) is 54.1 Å². The van der Waals surface area contributed by atoms with Gasteiger partial charge < -0.3 is 19.6 Å². The lowest BCUT2D eigenvalue weighted by Gasteiger charge is -2.21. The van der Waals surface area contributed by atoms with E-state index in [0.717, 1.165) is 54.9 Å². The molecule has 2 N–H and O–H groups in total. The first-order valence-corrected chi connectivity index (χ1v) is 9.36. The number of furan rings is 1. The highest BCUT2D eigenvalue weighted by atomic mass is 16.5. The molecule has 7 nitrogen and oxygen atoms in total. The first kappa shape index (κ1) is 19.0. The minimum atomic E-state index is -0.212. The Balaban J connectivity index is 1.42. The molecule has 1 aromatic carbocycles. The number of carbonyl (C=O) groups excluding carboxylic acids is 1. The fourth-order valence-electron chi connectivity index (χ4n) is 2.89. The van der Waals surface area contributed by atoms with Crippen LogP contribution in [0.3, 0.4) is 0 Å². The second kappa shape index (κ2) is 9.78. The molecule has 0 aliphatic heterocycles. The Kier molecular flexibility index (Phi) is 6.87. The number of nitrogens with zero attached hydrogens (tertiary/aromatic N) is 2. The Bertz CT molecular complexity index is 829. The molecule has 2 amide bonds. The number of urea groups is 1. The van der Waals surface area contributed by atoms with Crippen molar-refractivity contribution in [1.29, 1.82) is 0 Å². The van der Waals surface area contributed by atoms with Crippen LogP contribution in [0.4, 0.5) is 4.79 Å². The molecule has 0 aliphatic carbocycles. The standard InChI is InChI=1S/C20H26N4O3/c1-2-3-11-24(15-16-7-6-13-26-16)12-10-21-20(25)22-14-18-17-8-4-5-9-19(17)27-23-18/h4-9,13H,2-3,10-12,14-15H2,1H3,(H2,21,22,25). The number of benzene rings is 1. The van der Waals surface area contributed by atoms with E-state index >= 15 is 0 Å². The average molecular weight is 370 g/mol. The summed E-state index contributed by atoms with van der Waals surface area (Å²) in [6.45, 7) is 5.56. The highest BCUT2D eigenvalue weighted by molar-refractivity contribution is 5.80. The van der Waals surface area contributed by atoms with Gasteiger partial charge in [0.25, 0.3) is 0 Å². The van der Waals surface area contributed by atoms with Crippen molar-refractivity contribution >= 4 is 17.0 Å². The van der Waals surface area contributed by atoms with Crippen LogP contribution in [0, 0.1) is 0 Å². The van der Waals surface area contributed by atoms with Gasteiger partial charge in [-0.1, -0.05) is 30.6 Å². The first-order valence-electron chi connectivity index (χ1n) is 9.36. The second-order valence-corrected chi connectivity index (χ2v) is 6.44. The first-order chi connectivity index (χ1) is 13.3. The Hall–Kier alpha value is -2.80. The monoisotopic (exact) mass is 370 g/mol. The summed E-state index contributed by atoms with van der Waals surface area (Å²) in [6.07, 6.45) is 3.94. The number of carbonyl (C=O) groups is 1. The van der Waals surface area contributed by atoms with Crippen LogP contribution in [0.2, 0.25) is 0 Å². The number of aromatic nitrogens is 1. The van der Waals surface area contributed by atoms with E-state index in [1.165, 1.54) is 0 Å². The minimum Gasteiger partial charge on any atom is -0.468 e. The van der Waals surface area contributed by atoms with Crippen molar-refractivity contribution < 1.29 is 13.7 Å². The maximum Gasteiger partial charge on any atom is 0.315 e. The third kappa shape index (κ3) is 5.59. The van der Waals surface area contributed by atoms with Crippen LogP contribution in [-0.4, -0.2) is 35.7 Å². The van der Waals surface area contributed by atoms with Gasteiger partial charge in [-0.3, -0.25) is 4.90 Å². The summed E-state index contributed by atoms with van der Waals surface area (Å²) in [5.74, 6) is 0.938. The van der Waals surface area contributed by atoms with Crippen LogP contribution >= 0.6 is 0 Å². The molecule has 144 valence electrons. The van der Waals surface area contributed by atoms with Crippen LogP contribution in [0.5, 0.6) is 0 Å². The molecule has 3 rings (SSSR count). The second-order valence-electron chi connectivity index (χ2n) is 6.44. The van der Waals surface area contributed by atoms with Crippen molar-refractivity contribution in [2.75, 3.05) is 19.6 Å². The van der Waals surface area contributed by atoms with E-state index in [-0.39, 0.29) is 6.03 Å². The van der Waals surface area contributed by atoms with Gasteiger partial charge in [0.1, 0.15) is 11.5 Å². The molecule has 2 heterocycles. The van der Waals surface area contributed by atoms with Gasteiger partial charge >= 0.3 is 6.03 Å². The molecule has 3 aromatic rings. The van der Waals surface area contributed by atoms with Gasteiger partial charge in [0.2, 0.25) is 0 Å². The molecule has 0 aliphatic rings. The lowest BCUT2D eigenvalue weighted by molar-refractivity contribution is 0.226. The largest absolute Gasteiger partial charge is 0.468 e. The van der Waals surface area contributed by atoms with Crippen LogP contribution < -0.4 is 10.6 Å². The normalized spacial score (nSPS) is 11.2. The average Bonchev–Trinajstić information content (AvgIpc) is 3.34. The SMILES string of the molecule is CCCCN(CCNC(=O)NCc1noc2ccccc12)Cc1ccco1. The zero-order chi connectivity index (χ0) is 18.9. The molecule has 27 heavy (non-hydrogen) atoms. The van der Waals surface area contributed by atoms with Gasteiger partial charge in [-0.05, 0) is 37.2 Å². The van der Waals surface area contributed by atoms with E-state index in [4.69, 9.17) is 8.94 Å². The number of hydrogen-bond acceptors (Lipinski definition) is 5. The van der Waals surface area contributed by atoms with Crippen molar-refractivity contribution in [1.82, 2.24) is 20.7 Å². The van der Waals surface area contributed by atoms with Gasteiger partial charge in [0.15, 0.2) is 5.58 Å². The zero-order valence-corrected chi connectivity index (χ0v) is 15.6. The van der Waals surface area contributed by atoms with Crippen LogP contribution in [0.1, 0.15) is 31.2 Å². The summed E-state index contributed by atoms with van der Waals surface area (Å²) in [4.78, 5) is 14.4. The summed E-state index contributed by atoms with van der Waals surface area (Å²) >= 11 is 0. The van der Waals surface area contributed by atoms with Gasteiger partial charge in [0, 0.05) is 18.5 Å². The lowest BCUT2D eigenvalue weighted by atomic mass is 10.2. The fourth-order valence-corrected chi connectivity index (χ4v) is 2.89. The number of amides is 2. The minimum absolute atomic E-state index is 0.212. The lowest BCUT2D eigenvalue weighted by Crippen LogP contribution is -2.40. The number of rotatable bonds is 10. The van der Waals surface area contributed by atoms with Crippen LogP contribution in [-0.2, 0) is 13.1 Å². The van der Waals surface area contributed by atoms with Gasteiger partial charge in [0.05, 0.1) is 19.4 Å². The third-order valence-electron chi connectivity index (χ3n) is 4.37. The number of hydrogen-bond donors (Lipinski definition) is 2. The summed E-state index contributed by atoms with van der Waals surface area (Å²) in [5.41, 5.74) is 1.45. The molecule has 0 saturated carbocycles. The molecule has 0 radical (unpaired) electrons. The molecule has 2 aromatic heterocycles. The van der Waals surface area contributed by atoms with Crippen molar-refractivity contribution in [2.45, 2.75) is 32.9 Å². The molecule has 0 bridgehead atoms. The smallest absolute Gasteiger partial charge is 0.315 e. The predicted octanol–water partition coefficient (Wildman–Crippen LogP) is 3.52. The Labute approximate surface area is 158 Å². The van der Waals surface area contributed by atoms with Crippen LogP contribution in [0.15, 0.2) is 51.6 Å². The summed E-state index contributed by atoms with van der Waals surface area (Å²) < 4.78 is 10.7. The number of fused-ring (bicyclic) bond motifs is 1. The van der Waals surface area contributed by atoms with Gasteiger partial charge in [-0.2, -0.15) is 0 Å². The van der Waals surface area contributed by atoms with E-state index in [2.05, 4.69) is 27.6 Å². The highest BCUT2D eigenvalue weighted by Gasteiger charge is 2.10. The van der Waals surface area contributed by atoms with E-state index < -0.39 is 0 Å². The Morgan fingerprint density at radius 2 is 2.04 bits per heavy atom. The highest BCUT2D eigenvalue weighted by Crippen LogP contribution is 2.17. The molecular weight excluding hydrogens is 344 g/mol. The van der Waals surface area contributed by atoms with Crippen molar-refractivity contribution in [2.24, 2.45) is 0 Å². The number of para-hydroxylation sites is 1. The number of unbranched alkanes of at least 4 members (excludes halogenated alkanes) is 1. The molecule has 0 saturated heterocycles. The summed E-state index contributed by atoms with van der Waals surface area (Å²) in [7, 11) is 0. The maximum atomic E-state index is 12.1. The zero-order valence-electron chi connectivity index (χ0n) is 15.6. The molecule has 0 fully saturated rings. The summed E-state index contributed by atoms with van der Waals surface area (Å²) in [5, 5.41) is 10.7. The molecule has 0 atom stereocenters. The van der Waals surface area contributed by atoms with Gasteiger partial charge in [-0.25, -0.2) is 4.79 Å². The van der Waals surface area contributed by atoms with Crippen molar-refractivity contribution in [3.63, 3.8) is 0 Å². The Morgan fingerprint density at radius 3 is 2.85 bits per heavy atom. The van der Waals surface area contributed by atoms with E-state index in [1.54, 1.807) is 6.26 Å². The van der Waals surface area contributed by atoms with E-state index in [9.17, 15) is 4.79 Å². The van der Waals surface area contributed by atoms with Gasteiger partial charge in [-0.15, -0.1) is 0 Å². The molecule has 0 unspecified atom stereocenters. The van der Waals surface area contributed by atoms with E-state index in [1.807, 2.05) is 36.4 Å². The summed E-state index contributed by atoms with van der Waals surface area (Å²) in [6, 6.07) is 11.3. The van der Waals surface area contributed by atoms with Crippen LogP contribution in [0.25, 0.3) is 11.0 Å². The quantitative estimate of drug-likeness (QED) is 0.570. The molecule has 0 spiro atoms. The Morgan fingerprint density at radius 1 is 1.15 bits per heavy atom. The van der Waals surface area contributed by atoms with E-state index in [0.29, 0.717) is 13.1 Å². The molecular formula is C20H26N4O3. The third-order valence-corrected chi connectivity index (χ3v) is 4.37. The maximum absolute atomic E-state index is 12.1. The van der Waals surface area contributed by atoms with Crippen molar-refractivity contribution in [3.8, 4) is 0 Å². The number of nitrogens with one attached hydrogen (secondary N) is 2. The fraction of sp³-hybridized carbons (Fsp3) is 0.400. The predicted molar refractivity (Wildman–Crippen MR) is 103 cm³/mol. The topological polar surface area (TPSA) is 83.5 Å². The molecule has 7 heteroatoms.